The molecule has 0 radical (unpaired) electrons. The van der Waals surface area contributed by atoms with Crippen molar-refractivity contribution in [2.24, 2.45) is 0 Å². The van der Waals surface area contributed by atoms with Crippen LogP contribution in [0.25, 0.3) is 0 Å². The normalized spacial score (nSPS) is 26.2. The van der Waals surface area contributed by atoms with Crippen LogP contribution in [0.4, 0.5) is 9.18 Å². The smallest absolute Gasteiger partial charge is 0.407 e. The Morgan fingerprint density at radius 2 is 1.97 bits per heavy atom. The van der Waals surface area contributed by atoms with Gasteiger partial charge < -0.3 is 20.1 Å². The Kier molecular flexibility index (Phi) is 6.79. The zero-order chi connectivity index (χ0) is 20.9. The SMILES string of the molecule is O=C(NC1CC(c2ccc(F)cc2)CC1Oc1ncc(Br)cn1)OC1CCCNC1. The van der Waals surface area contributed by atoms with Crippen LogP contribution < -0.4 is 15.4 Å². The van der Waals surface area contributed by atoms with Crippen LogP contribution in [0.3, 0.4) is 0 Å². The Labute approximate surface area is 182 Å². The number of rotatable bonds is 5. The van der Waals surface area contributed by atoms with Crippen molar-refractivity contribution >= 4 is 22.0 Å². The number of nitrogens with zero attached hydrogens (tertiary/aromatic N) is 2. The third-order valence-corrected chi connectivity index (χ3v) is 5.94. The molecule has 0 bridgehead atoms. The topological polar surface area (TPSA) is 85.4 Å². The number of hydrogen-bond acceptors (Lipinski definition) is 6. The van der Waals surface area contributed by atoms with E-state index in [9.17, 15) is 9.18 Å². The highest BCUT2D eigenvalue weighted by atomic mass is 79.9. The minimum absolute atomic E-state index is 0.118. The Morgan fingerprint density at radius 1 is 1.20 bits per heavy atom. The summed E-state index contributed by atoms with van der Waals surface area (Å²) in [7, 11) is 0. The lowest BCUT2D eigenvalue weighted by molar-refractivity contribution is 0.0733. The van der Waals surface area contributed by atoms with Gasteiger partial charge in [0.15, 0.2) is 0 Å². The van der Waals surface area contributed by atoms with Gasteiger partial charge in [-0.1, -0.05) is 12.1 Å². The van der Waals surface area contributed by atoms with Crippen LogP contribution in [-0.4, -0.2) is 47.4 Å². The van der Waals surface area contributed by atoms with Crippen molar-refractivity contribution in [2.45, 2.75) is 49.9 Å². The van der Waals surface area contributed by atoms with Crippen LogP contribution in [0.5, 0.6) is 6.01 Å². The second kappa shape index (κ2) is 9.70. The molecule has 2 fully saturated rings. The standard InChI is InChI=1S/C21H24BrFN4O3/c22-15-10-25-20(26-11-15)30-19-9-14(13-3-5-16(23)6-4-13)8-18(19)27-21(28)29-17-2-1-7-24-12-17/h3-6,10-11,14,17-19,24H,1-2,7-9,12H2,(H,27,28). The fourth-order valence-corrected chi connectivity index (χ4v) is 4.25. The first-order chi connectivity index (χ1) is 14.6. The van der Waals surface area contributed by atoms with Crippen molar-refractivity contribution in [3.05, 3.63) is 52.5 Å². The van der Waals surface area contributed by atoms with Gasteiger partial charge in [-0.2, -0.15) is 0 Å². The predicted octanol–water partition coefficient (Wildman–Crippen LogP) is 3.55. The fourth-order valence-electron chi connectivity index (χ4n) is 4.04. The number of carbonyl (C=O) groups is 1. The average Bonchev–Trinajstić information content (AvgIpc) is 3.13. The first kappa shape index (κ1) is 21.0. The van der Waals surface area contributed by atoms with E-state index in [1.165, 1.54) is 12.1 Å². The molecule has 2 aliphatic rings. The van der Waals surface area contributed by atoms with E-state index in [0.29, 0.717) is 19.4 Å². The van der Waals surface area contributed by atoms with Crippen LogP contribution in [0, 0.1) is 5.82 Å². The zero-order valence-electron chi connectivity index (χ0n) is 16.4. The molecule has 30 heavy (non-hydrogen) atoms. The molecule has 7 nitrogen and oxygen atoms in total. The lowest BCUT2D eigenvalue weighted by Gasteiger charge is -2.25. The molecule has 1 saturated carbocycles. The second-order valence-corrected chi connectivity index (χ2v) is 8.60. The molecule has 2 N–H and O–H groups in total. The number of ether oxygens (including phenoxy) is 2. The summed E-state index contributed by atoms with van der Waals surface area (Å²) < 4.78 is 25.7. The summed E-state index contributed by atoms with van der Waals surface area (Å²) in [5.41, 5.74) is 1.01. The maximum Gasteiger partial charge on any atom is 0.407 e. The Bertz CT molecular complexity index is 846. The minimum atomic E-state index is -0.446. The van der Waals surface area contributed by atoms with Crippen molar-refractivity contribution in [3.63, 3.8) is 0 Å². The van der Waals surface area contributed by atoms with Gasteiger partial charge in [0.2, 0.25) is 0 Å². The van der Waals surface area contributed by atoms with Crippen molar-refractivity contribution in [3.8, 4) is 6.01 Å². The van der Waals surface area contributed by atoms with Crippen molar-refractivity contribution in [1.29, 1.82) is 0 Å². The third kappa shape index (κ3) is 5.46. The van der Waals surface area contributed by atoms with Crippen molar-refractivity contribution < 1.29 is 18.7 Å². The van der Waals surface area contributed by atoms with E-state index in [1.807, 2.05) is 0 Å². The summed E-state index contributed by atoms with van der Waals surface area (Å²) in [6.07, 6.45) is 5.49. The summed E-state index contributed by atoms with van der Waals surface area (Å²) in [6.45, 7) is 1.62. The minimum Gasteiger partial charge on any atom is -0.458 e. The Morgan fingerprint density at radius 3 is 2.67 bits per heavy atom. The molecule has 1 aliphatic carbocycles. The summed E-state index contributed by atoms with van der Waals surface area (Å²) in [4.78, 5) is 20.8. The quantitative estimate of drug-likeness (QED) is 0.683. The van der Waals surface area contributed by atoms with Crippen LogP contribution in [0.1, 0.15) is 37.2 Å². The number of hydrogen-bond donors (Lipinski definition) is 2. The summed E-state index contributed by atoms with van der Waals surface area (Å²) >= 11 is 3.31. The molecule has 1 aliphatic heterocycles. The average molecular weight is 479 g/mol. The molecular weight excluding hydrogens is 455 g/mol. The summed E-state index contributed by atoms with van der Waals surface area (Å²) in [5.74, 6) is -0.153. The van der Waals surface area contributed by atoms with E-state index >= 15 is 0 Å². The third-order valence-electron chi connectivity index (χ3n) is 5.53. The van der Waals surface area contributed by atoms with E-state index in [-0.39, 0.29) is 36.0 Å². The van der Waals surface area contributed by atoms with Gasteiger partial charge in [0.05, 0.1) is 10.5 Å². The van der Waals surface area contributed by atoms with Crippen LogP contribution in [0.2, 0.25) is 0 Å². The van der Waals surface area contributed by atoms with Gasteiger partial charge in [-0.25, -0.2) is 19.2 Å². The Balaban J connectivity index is 1.44. The number of nitrogens with one attached hydrogen (secondary N) is 2. The lowest BCUT2D eigenvalue weighted by atomic mass is 9.97. The molecular formula is C21H24BrFN4O3. The van der Waals surface area contributed by atoms with Gasteiger partial charge >= 0.3 is 12.1 Å². The maximum absolute atomic E-state index is 13.3. The summed E-state index contributed by atoms with van der Waals surface area (Å²) in [6, 6.07) is 6.45. The Hall–Kier alpha value is -2.26. The highest BCUT2D eigenvalue weighted by Gasteiger charge is 2.38. The number of aromatic nitrogens is 2. The first-order valence-corrected chi connectivity index (χ1v) is 10.9. The van der Waals surface area contributed by atoms with Crippen LogP contribution >= 0.6 is 15.9 Å². The summed E-state index contributed by atoms with van der Waals surface area (Å²) in [5, 5.41) is 6.20. The highest BCUT2D eigenvalue weighted by molar-refractivity contribution is 9.10. The first-order valence-electron chi connectivity index (χ1n) is 10.1. The maximum atomic E-state index is 13.3. The molecule has 160 valence electrons. The molecule has 0 spiro atoms. The van der Waals surface area contributed by atoms with Gasteiger partial charge in [0.25, 0.3) is 0 Å². The molecule has 1 amide bonds. The molecule has 4 rings (SSSR count). The molecule has 1 aromatic carbocycles. The van der Waals surface area contributed by atoms with E-state index in [2.05, 4.69) is 36.5 Å². The number of piperidine rings is 1. The zero-order valence-corrected chi connectivity index (χ0v) is 18.0. The molecule has 2 heterocycles. The highest BCUT2D eigenvalue weighted by Crippen LogP contribution is 2.36. The molecule has 1 saturated heterocycles. The molecule has 2 aromatic rings. The largest absolute Gasteiger partial charge is 0.458 e. The lowest BCUT2D eigenvalue weighted by Crippen LogP contribution is -2.45. The molecule has 9 heteroatoms. The second-order valence-electron chi connectivity index (χ2n) is 7.68. The number of benzene rings is 1. The number of carbonyl (C=O) groups excluding carboxylic acids is 1. The van der Waals surface area contributed by atoms with Gasteiger partial charge in [0, 0.05) is 18.9 Å². The predicted molar refractivity (Wildman–Crippen MR) is 112 cm³/mol. The van der Waals surface area contributed by atoms with Crippen molar-refractivity contribution in [2.75, 3.05) is 13.1 Å². The van der Waals surface area contributed by atoms with Gasteiger partial charge in [-0.05, 0) is 71.8 Å². The molecule has 1 aromatic heterocycles. The van der Waals surface area contributed by atoms with Crippen molar-refractivity contribution in [1.82, 2.24) is 20.6 Å². The van der Waals surface area contributed by atoms with Crippen LogP contribution in [-0.2, 0) is 4.74 Å². The van der Waals surface area contributed by atoms with E-state index in [1.54, 1.807) is 24.5 Å². The number of halogens is 2. The van der Waals surface area contributed by atoms with E-state index in [0.717, 1.165) is 29.4 Å². The van der Waals surface area contributed by atoms with Gasteiger partial charge in [0.1, 0.15) is 18.0 Å². The van der Waals surface area contributed by atoms with Gasteiger partial charge in [-0.15, -0.1) is 0 Å². The monoisotopic (exact) mass is 478 g/mol. The number of alkyl carbamates (subject to hydrolysis) is 1. The molecule has 4 atom stereocenters. The molecule has 4 unspecified atom stereocenters. The van der Waals surface area contributed by atoms with Gasteiger partial charge in [-0.3, -0.25) is 0 Å². The van der Waals surface area contributed by atoms with E-state index < -0.39 is 6.09 Å². The fraction of sp³-hybridized carbons (Fsp3) is 0.476. The number of amides is 1. The van der Waals surface area contributed by atoms with E-state index in [4.69, 9.17) is 9.47 Å². The van der Waals surface area contributed by atoms with Crippen LogP contribution in [0.15, 0.2) is 41.1 Å².